The highest BCUT2D eigenvalue weighted by Crippen LogP contribution is 2.42. The minimum Gasteiger partial charge on any atom is -0.493 e. The molecule has 1 heterocycles. The molecule has 0 aliphatic carbocycles. The van der Waals surface area contributed by atoms with Gasteiger partial charge in [0.15, 0.2) is 11.5 Å². The second-order valence-corrected chi connectivity index (χ2v) is 6.06. The second-order valence-electron chi connectivity index (χ2n) is 5.06. The van der Waals surface area contributed by atoms with Crippen LogP contribution < -0.4 is 25.7 Å². The molecule has 134 valence electrons. The summed E-state index contributed by atoms with van der Waals surface area (Å²) in [5, 5.41) is 8.49. The van der Waals surface area contributed by atoms with E-state index in [9.17, 15) is 0 Å². The van der Waals surface area contributed by atoms with Crippen LogP contribution in [0.4, 0.5) is 0 Å². The van der Waals surface area contributed by atoms with E-state index in [4.69, 9.17) is 25.7 Å². The van der Waals surface area contributed by atoms with Crippen molar-refractivity contribution in [3.05, 3.63) is 22.7 Å². The Morgan fingerprint density at radius 2 is 1.64 bits per heavy atom. The number of aromatic nitrogens is 1. The van der Waals surface area contributed by atoms with Crippen molar-refractivity contribution in [1.29, 1.82) is 0 Å². The minimum absolute atomic E-state index is 0.0913. The molecule has 25 heavy (non-hydrogen) atoms. The molecule has 0 spiro atoms. The fourth-order valence-electron chi connectivity index (χ4n) is 2.24. The van der Waals surface area contributed by atoms with Gasteiger partial charge in [0.25, 0.3) is 0 Å². The molecule has 0 unspecified atom stereocenters. The van der Waals surface area contributed by atoms with Crippen LogP contribution in [0.5, 0.6) is 17.2 Å². The molecule has 0 saturated carbocycles. The number of nitrogens with zero attached hydrogens (tertiary/aromatic N) is 3. The number of hydrogen-bond donors (Lipinski definition) is 2. The molecule has 0 aliphatic rings. The number of benzene rings is 1. The van der Waals surface area contributed by atoms with E-state index in [1.807, 2.05) is 26.0 Å². The van der Waals surface area contributed by atoms with Gasteiger partial charge in [-0.25, -0.2) is 4.98 Å². The maximum Gasteiger partial charge on any atom is 0.211 e. The number of aryl methyl sites for hydroxylation is 1. The zero-order chi connectivity index (χ0) is 18.6. The number of guanidine groups is 1. The topological polar surface area (TPSA) is 117 Å². The molecule has 1 aromatic carbocycles. The number of hydrogen-bond acceptors (Lipinski definition) is 7. The van der Waals surface area contributed by atoms with Gasteiger partial charge in [0.05, 0.1) is 37.6 Å². The summed E-state index contributed by atoms with van der Waals surface area (Å²) in [6, 6.07) is 3.71. The highest BCUT2D eigenvalue weighted by atomic mass is 32.1. The molecule has 0 bridgehead atoms. The summed E-state index contributed by atoms with van der Waals surface area (Å²) in [6.07, 6.45) is 0. The summed E-state index contributed by atoms with van der Waals surface area (Å²) >= 11 is 1.48. The molecule has 9 heteroatoms. The van der Waals surface area contributed by atoms with Crippen LogP contribution in [0.3, 0.4) is 0 Å². The molecule has 0 atom stereocenters. The average molecular weight is 363 g/mol. The molecule has 2 aromatic rings. The lowest BCUT2D eigenvalue weighted by atomic mass is 10.2. The van der Waals surface area contributed by atoms with Crippen molar-refractivity contribution in [3.8, 4) is 27.8 Å². The van der Waals surface area contributed by atoms with Crippen molar-refractivity contribution in [2.75, 3.05) is 21.3 Å². The average Bonchev–Trinajstić information content (AvgIpc) is 3.00. The van der Waals surface area contributed by atoms with Gasteiger partial charge in [-0.15, -0.1) is 16.4 Å². The van der Waals surface area contributed by atoms with E-state index in [0.29, 0.717) is 23.0 Å². The molecule has 1 aromatic heterocycles. The fraction of sp³-hybridized carbons (Fsp3) is 0.312. The summed E-state index contributed by atoms with van der Waals surface area (Å²) in [6.45, 7) is 3.73. The summed E-state index contributed by atoms with van der Waals surface area (Å²) in [5.41, 5.74) is 13.0. The third kappa shape index (κ3) is 4.00. The summed E-state index contributed by atoms with van der Waals surface area (Å²) in [4.78, 5) is 5.51. The Morgan fingerprint density at radius 3 is 2.12 bits per heavy atom. The van der Waals surface area contributed by atoms with Crippen molar-refractivity contribution in [2.24, 2.45) is 21.7 Å². The first kappa shape index (κ1) is 18.5. The molecule has 8 nitrogen and oxygen atoms in total. The summed E-state index contributed by atoms with van der Waals surface area (Å²) in [7, 11) is 4.71. The molecule has 0 radical (unpaired) electrons. The van der Waals surface area contributed by atoms with E-state index in [1.54, 1.807) is 21.3 Å². The number of thiazole rings is 1. The van der Waals surface area contributed by atoms with Crippen LogP contribution in [-0.4, -0.2) is 38.0 Å². The van der Waals surface area contributed by atoms with Crippen molar-refractivity contribution >= 4 is 23.0 Å². The van der Waals surface area contributed by atoms with Crippen LogP contribution in [-0.2, 0) is 0 Å². The Balaban J connectivity index is 2.52. The van der Waals surface area contributed by atoms with Gasteiger partial charge in [0, 0.05) is 5.56 Å². The first-order valence-corrected chi connectivity index (χ1v) is 8.14. The van der Waals surface area contributed by atoms with Gasteiger partial charge in [0.2, 0.25) is 11.7 Å². The third-order valence-corrected chi connectivity index (χ3v) is 4.67. The van der Waals surface area contributed by atoms with Gasteiger partial charge >= 0.3 is 0 Å². The lowest BCUT2D eigenvalue weighted by Crippen LogP contribution is -2.22. The number of nitrogens with two attached hydrogens (primary N) is 2. The molecule has 2 rings (SSSR count). The van der Waals surface area contributed by atoms with E-state index < -0.39 is 0 Å². The van der Waals surface area contributed by atoms with Crippen LogP contribution in [0.1, 0.15) is 17.5 Å². The monoisotopic (exact) mass is 363 g/mol. The van der Waals surface area contributed by atoms with Crippen LogP contribution >= 0.6 is 11.3 Å². The molecule has 0 fully saturated rings. The maximum atomic E-state index is 5.39. The van der Waals surface area contributed by atoms with Crippen molar-refractivity contribution < 1.29 is 14.2 Å². The van der Waals surface area contributed by atoms with Gasteiger partial charge in [-0.05, 0) is 26.0 Å². The SMILES string of the molecule is COc1cc(-c2nc(C)c(C(C)=NN=C(N)N)s2)cc(OC)c1OC. The molecular weight excluding hydrogens is 342 g/mol. The second kappa shape index (κ2) is 7.84. The predicted molar refractivity (Wildman–Crippen MR) is 100.0 cm³/mol. The van der Waals surface area contributed by atoms with E-state index in [0.717, 1.165) is 21.1 Å². The van der Waals surface area contributed by atoms with Gasteiger partial charge in [-0.3, -0.25) is 0 Å². The zero-order valence-electron chi connectivity index (χ0n) is 14.8. The largest absolute Gasteiger partial charge is 0.493 e. The number of rotatable bonds is 6. The Morgan fingerprint density at radius 1 is 1.04 bits per heavy atom. The normalized spacial score (nSPS) is 11.2. The van der Waals surface area contributed by atoms with Gasteiger partial charge in [0.1, 0.15) is 5.01 Å². The van der Waals surface area contributed by atoms with Gasteiger partial charge in [-0.1, -0.05) is 0 Å². The summed E-state index contributed by atoms with van der Waals surface area (Å²) in [5.74, 6) is 1.58. The van der Waals surface area contributed by atoms with Crippen LogP contribution in [0.25, 0.3) is 10.6 Å². The molecular formula is C16H21N5O3S. The highest BCUT2D eigenvalue weighted by molar-refractivity contribution is 7.17. The minimum atomic E-state index is -0.0913. The highest BCUT2D eigenvalue weighted by Gasteiger charge is 2.18. The fourth-order valence-corrected chi connectivity index (χ4v) is 3.23. The number of methoxy groups -OCH3 is 3. The van der Waals surface area contributed by atoms with Crippen molar-refractivity contribution in [3.63, 3.8) is 0 Å². The van der Waals surface area contributed by atoms with E-state index in [2.05, 4.69) is 15.2 Å². The molecule has 4 N–H and O–H groups in total. The van der Waals surface area contributed by atoms with Crippen LogP contribution in [0, 0.1) is 6.92 Å². The lowest BCUT2D eigenvalue weighted by Gasteiger charge is -2.13. The van der Waals surface area contributed by atoms with E-state index in [1.165, 1.54) is 11.3 Å². The van der Waals surface area contributed by atoms with Crippen molar-refractivity contribution in [2.45, 2.75) is 13.8 Å². The molecule has 0 aliphatic heterocycles. The Labute approximate surface area is 150 Å². The predicted octanol–water partition coefficient (Wildman–Crippen LogP) is 2.14. The zero-order valence-corrected chi connectivity index (χ0v) is 15.6. The third-order valence-electron chi connectivity index (χ3n) is 3.35. The standard InChI is InChI=1S/C16H21N5O3S/c1-8-14(9(2)20-21-16(17)18)25-15(19-8)10-6-11(22-3)13(24-5)12(7-10)23-4/h6-7H,1-5H3,(H4,17,18,21). The summed E-state index contributed by atoms with van der Waals surface area (Å²) < 4.78 is 16.1. The first-order chi connectivity index (χ1) is 11.9. The van der Waals surface area contributed by atoms with Crippen LogP contribution in [0.2, 0.25) is 0 Å². The van der Waals surface area contributed by atoms with Crippen LogP contribution in [0.15, 0.2) is 22.3 Å². The lowest BCUT2D eigenvalue weighted by molar-refractivity contribution is 0.324. The van der Waals surface area contributed by atoms with E-state index in [-0.39, 0.29) is 5.96 Å². The Bertz CT molecular complexity index is 800. The van der Waals surface area contributed by atoms with Crippen molar-refractivity contribution in [1.82, 2.24) is 4.98 Å². The Kier molecular flexibility index (Phi) is 5.81. The maximum absolute atomic E-state index is 5.39. The van der Waals surface area contributed by atoms with E-state index >= 15 is 0 Å². The smallest absolute Gasteiger partial charge is 0.211 e. The molecule has 0 saturated heterocycles. The van der Waals surface area contributed by atoms with Gasteiger partial charge in [-0.2, -0.15) is 5.10 Å². The molecule has 0 amide bonds. The number of ether oxygens (including phenoxy) is 3. The quantitative estimate of drug-likeness (QED) is 0.461. The Hall–Kier alpha value is -2.81. The van der Waals surface area contributed by atoms with Gasteiger partial charge < -0.3 is 25.7 Å². The first-order valence-electron chi connectivity index (χ1n) is 7.32.